The molecule has 2 fully saturated rings. The van der Waals surface area contributed by atoms with Gasteiger partial charge in [0.2, 0.25) is 0 Å². The van der Waals surface area contributed by atoms with E-state index in [-0.39, 0.29) is 36.0 Å². The van der Waals surface area contributed by atoms with E-state index in [1.807, 2.05) is 23.1 Å². The molecule has 0 radical (unpaired) electrons. The third kappa shape index (κ3) is 6.74. The number of rotatable bonds is 6. The molecule has 1 aromatic rings. The number of halogens is 1. The molecular formula is C21H33IN4O3. The van der Waals surface area contributed by atoms with Crippen LogP contribution in [0.25, 0.3) is 0 Å². The summed E-state index contributed by atoms with van der Waals surface area (Å²) in [6.45, 7) is 7.24. The molecule has 1 atom stereocenters. The molecule has 8 heteroatoms. The average molecular weight is 516 g/mol. The number of para-hydroxylation sites is 1. The summed E-state index contributed by atoms with van der Waals surface area (Å²) >= 11 is 0. The summed E-state index contributed by atoms with van der Waals surface area (Å²) in [5.41, 5.74) is 1.15. The summed E-state index contributed by atoms with van der Waals surface area (Å²) in [5.74, 6) is 1.98. The first-order valence-electron chi connectivity index (χ1n) is 10.2. The van der Waals surface area contributed by atoms with Gasteiger partial charge in [-0.1, -0.05) is 18.2 Å². The summed E-state index contributed by atoms with van der Waals surface area (Å²) in [6.07, 6.45) is 2.51. The Morgan fingerprint density at radius 2 is 1.97 bits per heavy atom. The van der Waals surface area contributed by atoms with E-state index in [0.29, 0.717) is 13.2 Å². The van der Waals surface area contributed by atoms with E-state index in [1.54, 1.807) is 7.05 Å². The van der Waals surface area contributed by atoms with E-state index in [0.717, 1.165) is 69.3 Å². The van der Waals surface area contributed by atoms with Crippen LogP contribution in [-0.2, 0) is 9.53 Å². The Morgan fingerprint density at radius 1 is 1.24 bits per heavy atom. The van der Waals surface area contributed by atoms with Gasteiger partial charge < -0.3 is 24.6 Å². The van der Waals surface area contributed by atoms with Crippen LogP contribution in [-0.4, -0.2) is 80.8 Å². The Kier molecular flexibility index (Phi) is 9.99. The van der Waals surface area contributed by atoms with Gasteiger partial charge >= 0.3 is 0 Å². The van der Waals surface area contributed by atoms with Crippen molar-refractivity contribution in [1.29, 1.82) is 0 Å². The van der Waals surface area contributed by atoms with Crippen LogP contribution in [0.4, 0.5) is 0 Å². The van der Waals surface area contributed by atoms with Gasteiger partial charge in [0.15, 0.2) is 5.96 Å². The minimum Gasteiger partial charge on any atom is -0.493 e. The normalized spacial score (nSPS) is 19.7. The van der Waals surface area contributed by atoms with Gasteiger partial charge in [-0.2, -0.15) is 0 Å². The van der Waals surface area contributed by atoms with Crippen molar-refractivity contribution >= 4 is 35.8 Å². The van der Waals surface area contributed by atoms with Crippen molar-refractivity contribution in [2.24, 2.45) is 4.99 Å². The van der Waals surface area contributed by atoms with Crippen LogP contribution in [0.5, 0.6) is 5.75 Å². The SMILES string of the molecule is CN=C(NCCCOc1ccccc1C)N1CCN(C(=O)C2CCCO2)CC1.I. The zero-order chi connectivity index (χ0) is 19.8. The van der Waals surface area contributed by atoms with Crippen LogP contribution < -0.4 is 10.1 Å². The number of nitrogens with one attached hydrogen (secondary N) is 1. The van der Waals surface area contributed by atoms with Crippen molar-refractivity contribution < 1.29 is 14.3 Å². The highest BCUT2D eigenvalue weighted by Gasteiger charge is 2.30. The lowest BCUT2D eigenvalue weighted by Gasteiger charge is -2.37. The van der Waals surface area contributed by atoms with Crippen LogP contribution in [0.3, 0.4) is 0 Å². The monoisotopic (exact) mass is 516 g/mol. The molecule has 29 heavy (non-hydrogen) atoms. The molecule has 162 valence electrons. The van der Waals surface area contributed by atoms with Gasteiger partial charge in [0, 0.05) is 46.4 Å². The van der Waals surface area contributed by atoms with E-state index in [9.17, 15) is 4.79 Å². The molecule has 1 N–H and O–H groups in total. The van der Waals surface area contributed by atoms with Crippen molar-refractivity contribution in [1.82, 2.24) is 15.1 Å². The fraction of sp³-hybridized carbons (Fsp3) is 0.619. The number of guanidine groups is 1. The predicted molar refractivity (Wildman–Crippen MR) is 125 cm³/mol. The highest BCUT2D eigenvalue weighted by Crippen LogP contribution is 2.17. The van der Waals surface area contributed by atoms with E-state index < -0.39 is 0 Å². The smallest absolute Gasteiger partial charge is 0.251 e. The zero-order valence-electron chi connectivity index (χ0n) is 17.4. The molecule has 2 saturated heterocycles. The third-order valence-electron chi connectivity index (χ3n) is 5.26. The van der Waals surface area contributed by atoms with Gasteiger partial charge in [0.1, 0.15) is 11.9 Å². The van der Waals surface area contributed by atoms with Crippen molar-refractivity contribution in [2.75, 3.05) is 53.0 Å². The van der Waals surface area contributed by atoms with E-state index >= 15 is 0 Å². The van der Waals surface area contributed by atoms with Gasteiger partial charge in [-0.25, -0.2) is 0 Å². The topological polar surface area (TPSA) is 66.4 Å². The maximum absolute atomic E-state index is 12.5. The Hall–Kier alpha value is -1.55. The van der Waals surface area contributed by atoms with Gasteiger partial charge in [-0.05, 0) is 37.8 Å². The number of hydrogen-bond acceptors (Lipinski definition) is 4. The molecule has 0 aliphatic carbocycles. The van der Waals surface area contributed by atoms with Crippen LogP contribution >= 0.6 is 24.0 Å². The molecule has 2 heterocycles. The van der Waals surface area contributed by atoms with Gasteiger partial charge in [-0.3, -0.25) is 9.79 Å². The second-order valence-electron chi connectivity index (χ2n) is 7.26. The van der Waals surface area contributed by atoms with Crippen LogP contribution in [0, 0.1) is 6.92 Å². The summed E-state index contributed by atoms with van der Waals surface area (Å²) in [4.78, 5) is 21.0. The van der Waals surface area contributed by atoms with E-state index in [2.05, 4.69) is 28.2 Å². The Morgan fingerprint density at radius 3 is 2.62 bits per heavy atom. The fourth-order valence-electron chi connectivity index (χ4n) is 3.62. The lowest BCUT2D eigenvalue weighted by atomic mass is 10.2. The van der Waals surface area contributed by atoms with Gasteiger partial charge in [0.05, 0.1) is 6.61 Å². The van der Waals surface area contributed by atoms with Gasteiger partial charge in [-0.15, -0.1) is 24.0 Å². The highest BCUT2D eigenvalue weighted by atomic mass is 127. The molecule has 1 unspecified atom stereocenters. The number of carbonyl (C=O) groups excluding carboxylic acids is 1. The maximum Gasteiger partial charge on any atom is 0.251 e. The largest absolute Gasteiger partial charge is 0.493 e. The lowest BCUT2D eigenvalue weighted by Crippen LogP contribution is -2.55. The molecule has 2 aliphatic rings. The summed E-state index contributed by atoms with van der Waals surface area (Å²) < 4.78 is 11.4. The van der Waals surface area contributed by atoms with Crippen molar-refractivity contribution in [3.8, 4) is 5.75 Å². The number of ether oxygens (including phenoxy) is 2. The van der Waals surface area contributed by atoms with Crippen molar-refractivity contribution in [2.45, 2.75) is 32.3 Å². The minimum atomic E-state index is -0.225. The van der Waals surface area contributed by atoms with E-state index in [1.165, 1.54) is 0 Å². The predicted octanol–water partition coefficient (Wildman–Crippen LogP) is 2.28. The quantitative estimate of drug-likeness (QED) is 0.272. The zero-order valence-corrected chi connectivity index (χ0v) is 19.8. The van der Waals surface area contributed by atoms with Crippen LogP contribution in [0.1, 0.15) is 24.8 Å². The number of benzene rings is 1. The van der Waals surface area contributed by atoms with Crippen LogP contribution in [0.2, 0.25) is 0 Å². The first kappa shape index (κ1) is 23.7. The molecule has 2 aliphatic heterocycles. The Bertz CT molecular complexity index is 672. The van der Waals surface area contributed by atoms with Gasteiger partial charge in [0.25, 0.3) is 5.91 Å². The highest BCUT2D eigenvalue weighted by molar-refractivity contribution is 14.0. The number of aryl methyl sites for hydroxylation is 1. The minimum absolute atomic E-state index is 0. The average Bonchev–Trinajstić information content (AvgIpc) is 3.26. The second-order valence-corrected chi connectivity index (χ2v) is 7.26. The Balaban J connectivity index is 0.00000300. The fourth-order valence-corrected chi connectivity index (χ4v) is 3.62. The number of piperazine rings is 1. The molecule has 3 rings (SSSR count). The number of carbonyl (C=O) groups is 1. The summed E-state index contributed by atoms with van der Waals surface area (Å²) in [5, 5.41) is 3.41. The molecule has 0 bridgehead atoms. The second kappa shape index (κ2) is 12.2. The molecular weight excluding hydrogens is 483 g/mol. The first-order chi connectivity index (χ1) is 13.7. The molecule has 0 aromatic heterocycles. The molecule has 0 spiro atoms. The molecule has 1 aromatic carbocycles. The van der Waals surface area contributed by atoms with Crippen molar-refractivity contribution in [3.05, 3.63) is 29.8 Å². The van der Waals surface area contributed by atoms with Crippen LogP contribution in [0.15, 0.2) is 29.3 Å². The summed E-state index contributed by atoms with van der Waals surface area (Å²) in [7, 11) is 1.80. The number of amides is 1. The van der Waals surface area contributed by atoms with Crippen molar-refractivity contribution in [3.63, 3.8) is 0 Å². The molecule has 0 saturated carbocycles. The molecule has 1 amide bonds. The standard InChI is InChI=1S/C21H32N4O3.HI/c1-17-7-3-4-8-18(17)27-16-6-10-23-21(22-2)25-13-11-24(12-14-25)20(26)19-9-5-15-28-19;/h3-4,7-8,19H,5-6,9-16H2,1-2H3,(H,22,23);1H. The summed E-state index contributed by atoms with van der Waals surface area (Å²) in [6, 6.07) is 8.06. The maximum atomic E-state index is 12.5. The number of nitrogens with zero attached hydrogens (tertiary/aromatic N) is 3. The number of hydrogen-bond donors (Lipinski definition) is 1. The third-order valence-corrected chi connectivity index (χ3v) is 5.26. The van der Waals surface area contributed by atoms with E-state index in [4.69, 9.17) is 9.47 Å². The number of aliphatic imine (C=N–C) groups is 1. The molecule has 7 nitrogen and oxygen atoms in total. The lowest BCUT2D eigenvalue weighted by molar-refractivity contribution is -0.142. The first-order valence-corrected chi connectivity index (χ1v) is 10.2. The Labute approximate surface area is 190 Å².